The number of furan rings is 1. The smallest absolute Gasteiger partial charge is 0.371 e. The molecule has 1 aliphatic rings. The second-order valence-electron chi connectivity index (χ2n) is 5.25. The fraction of sp³-hybridized carbons (Fsp3) is 0.538. The molecule has 2 heterocycles. The monoisotopic (exact) mass is 330 g/mol. The number of aromatic carboxylic acids is 1. The zero-order valence-corrected chi connectivity index (χ0v) is 12.9. The van der Waals surface area contributed by atoms with Crippen LogP contribution in [-0.4, -0.2) is 49.1 Å². The molecule has 9 heteroatoms. The second-order valence-corrected chi connectivity index (χ2v) is 7.23. The Hall–Kier alpha value is -1.87. The average molecular weight is 330 g/mol. The number of hydrogen-bond donors (Lipinski definition) is 2. The van der Waals surface area contributed by atoms with E-state index in [1.165, 1.54) is 16.4 Å². The second kappa shape index (κ2) is 6.49. The number of nitrogens with zero attached hydrogens (tertiary/aromatic N) is 1. The lowest BCUT2D eigenvalue weighted by molar-refractivity contribution is -0.126. The van der Waals surface area contributed by atoms with E-state index in [-0.39, 0.29) is 24.8 Å². The number of carboxylic acids is 1. The lowest BCUT2D eigenvalue weighted by atomic mass is 9.99. The number of sulfonamides is 1. The molecular weight excluding hydrogens is 312 g/mol. The van der Waals surface area contributed by atoms with E-state index in [9.17, 15) is 18.0 Å². The number of hydrogen-bond acceptors (Lipinski definition) is 5. The van der Waals surface area contributed by atoms with Crippen molar-refractivity contribution in [1.29, 1.82) is 0 Å². The molecule has 0 aliphatic carbocycles. The van der Waals surface area contributed by atoms with E-state index in [1.54, 1.807) is 0 Å². The third-order valence-corrected chi connectivity index (χ3v) is 4.80. The Balaban J connectivity index is 1.90. The van der Waals surface area contributed by atoms with Crippen molar-refractivity contribution in [2.24, 2.45) is 5.92 Å². The first-order valence-electron chi connectivity index (χ1n) is 6.82. The minimum absolute atomic E-state index is 0.0709. The van der Waals surface area contributed by atoms with E-state index in [2.05, 4.69) is 5.32 Å². The summed E-state index contributed by atoms with van der Waals surface area (Å²) in [6.07, 6.45) is 2.38. The first kappa shape index (κ1) is 16.5. The number of nitrogens with one attached hydrogen (secondary N) is 1. The quantitative estimate of drug-likeness (QED) is 0.800. The van der Waals surface area contributed by atoms with Crippen LogP contribution in [0.3, 0.4) is 0 Å². The largest absolute Gasteiger partial charge is 0.475 e. The minimum atomic E-state index is -3.30. The van der Waals surface area contributed by atoms with Crippen LogP contribution in [0.5, 0.6) is 0 Å². The van der Waals surface area contributed by atoms with Gasteiger partial charge in [0.15, 0.2) is 0 Å². The summed E-state index contributed by atoms with van der Waals surface area (Å²) in [4.78, 5) is 22.8. The maximum atomic E-state index is 12.1. The van der Waals surface area contributed by atoms with Crippen LogP contribution in [0.25, 0.3) is 0 Å². The van der Waals surface area contributed by atoms with Gasteiger partial charge in [0.1, 0.15) is 5.76 Å². The van der Waals surface area contributed by atoms with Crippen molar-refractivity contribution in [1.82, 2.24) is 9.62 Å². The first-order chi connectivity index (χ1) is 10.3. The SMILES string of the molecule is CS(=O)(=O)N1CCC[C@@H](C(=O)NCc2ccc(C(=O)O)o2)C1. The van der Waals surface area contributed by atoms with Crippen molar-refractivity contribution in [3.8, 4) is 0 Å². The summed E-state index contributed by atoms with van der Waals surface area (Å²) in [6.45, 7) is 0.674. The van der Waals surface area contributed by atoms with Crippen LogP contribution in [0.2, 0.25) is 0 Å². The van der Waals surface area contributed by atoms with Gasteiger partial charge in [-0.15, -0.1) is 0 Å². The van der Waals surface area contributed by atoms with E-state index in [0.717, 1.165) is 6.26 Å². The number of carbonyl (C=O) groups is 2. The molecule has 0 bridgehead atoms. The van der Waals surface area contributed by atoms with E-state index in [4.69, 9.17) is 9.52 Å². The topological polar surface area (TPSA) is 117 Å². The summed E-state index contributed by atoms with van der Waals surface area (Å²) in [5.74, 6) is -1.70. The third kappa shape index (κ3) is 4.08. The highest BCUT2D eigenvalue weighted by Gasteiger charge is 2.30. The molecule has 0 aromatic carbocycles. The van der Waals surface area contributed by atoms with Crippen molar-refractivity contribution in [3.63, 3.8) is 0 Å². The van der Waals surface area contributed by atoms with Crippen molar-refractivity contribution in [2.45, 2.75) is 19.4 Å². The van der Waals surface area contributed by atoms with Crippen molar-refractivity contribution in [3.05, 3.63) is 23.7 Å². The summed E-state index contributed by atoms with van der Waals surface area (Å²) in [7, 11) is -3.30. The van der Waals surface area contributed by atoms with Gasteiger partial charge in [-0.25, -0.2) is 17.5 Å². The van der Waals surface area contributed by atoms with Crippen LogP contribution in [0.15, 0.2) is 16.5 Å². The Kier molecular flexibility index (Phi) is 4.87. The average Bonchev–Trinajstić information content (AvgIpc) is 2.93. The maximum Gasteiger partial charge on any atom is 0.371 e. The summed E-state index contributed by atoms with van der Waals surface area (Å²) < 4.78 is 29.4. The van der Waals surface area contributed by atoms with Gasteiger partial charge in [0, 0.05) is 13.1 Å². The van der Waals surface area contributed by atoms with Gasteiger partial charge in [-0.2, -0.15) is 0 Å². The molecule has 122 valence electrons. The molecule has 0 unspecified atom stereocenters. The number of carbonyl (C=O) groups excluding carboxylic acids is 1. The normalized spacial score (nSPS) is 19.8. The Bertz CT molecular complexity index is 666. The van der Waals surface area contributed by atoms with Gasteiger partial charge < -0.3 is 14.8 Å². The van der Waals surface area contributed by atoms with E-state index >= 15 is 0 Å². The summed E-state index contributed by atoms with van der Waals surface area (Å²) in [5, 5.41) is 11.4. The highest BCUT2D eigenvalue weighted by Crippen LogP contribution is 2.19. The molecule has 1 saturated heterocycles. The molecule has 1 amide bonds. The van der Waals surface area contributed by atoms with Crippen LogP contribution in [0, 0.1) is 5.92 Å². The van der Waals surface area contributed by atoms with Crippen LogP contribution >= 0.6 is 0 Å². The third-order valence-electron chi connectivity index (χ3n) is 3.53. The number of amides is 1. The van der Waals surface area contributed by atoms with Gasteiger partial charge in [-0.05, 0) is 25.0 Å². The molecule has 1 aromatic heterocycles. The molecule has 0 spiro atoms. The summed E-state index contributed by atoms with van der Waals surface area (Å²) in [6, 6.07) is 2.79. The number of rotatable bonds is 5. The van der Waals surface area contributed by atoms with Gasteiger partial charge in [-0.3, -0.25) is 4.79 Å². The van der Waals surface area contributed by atoms with Crippen molar-refractivity contribution >= 4 is 21.9 Å². The first-order valence-corrected chi connectivity index (χ1v) is 8.67. The molecular formula is C13H18N2O6S. The Morgan fingerprint density at radius 1 is 1.45 bits per heavy atom. The molecule has 2 rings (SSSR count). The molecule has 8 nitrogen and oxygen atoms in total. The molecule has 1 fully saturated rings. The van der Waals surface area contributed by atoms with Gasteiger partial charge in [0.25, 0.3) is 0 Å². The predicted octanol–water partition coefficient (Wildman–Crippen LogP) is 0.266. The zero-order valence-electron chi connectivity index (χ0n) is 12.1. The highest BCUT2D eigenvalue weighted by atomic mass is 32.2. The van der Waals surface area contributed by atoms with Crippen LogP contribution in [0.4, 0.5) is 0 Å². The Morgan fingerprint density at radius 2 is 2.18 bits per heavy atom. The van der Waals surface area contributed by atoms with E-state index in [1.807, 2.05) is 0 Å². The summed E-state index contributed by atoms with van der Waals surface area (Å²) in [5.41, 5.74) is 0. The van der Waals surface area contributed by atoms with Gasteiger partial charge in [0.05, 0.1) is 18.7 Å². The Labute approximate surface area is 128 Å². The van der Waals surface area contributed by atoms with Crippen LogP contribution in [0.1, 0.15) is 29.2 Å². The van der Waals surface area contributed by atoms with Crippen LogP contribution < -0.4 is 5.32 Å². The number of carboxylic acid groups (broad SMARTS) is 1. The van der Waals surface area contributed by atoms with Crippen LogP contribution in [-0.2, 0) is 21.4 Å². The van der Waals surface area contributed by atoms with Gasteiger partial charge in [-0.1, -0.05) is 0 Å². The lowest BCUT2D eigenvalue weighted by Gasteiger charge is -2.30. The molecule has 1 atom stereocenters. The molecule has 1 aromatic rings. The molecule has 1 aliphatic heterocycles. The molecule has 0 saturated carbocycles. The number of piperidine rings is 1. The van der Waals surface area contributed by atoms with Crippen molar-refractivity contribution < 1.29 is 27.5 Å². The molecule has 22 heavy (non-hydrogen) atoms. The fourth-order valence-electron chi connectivity index (χ4n) is 2.36. The predicted molar refractivity (Wildman–Crippen MR) is 76.7 cm³/mol. The zero-order chi connectivity index (χ0) is 16.3. The fourth-order valence-corrected chi connectivity index (χ4v) is 3.28. The molecule has 2 N–H and O–H groups in total. The molecule has 0 radical (unpaired) electrons. The Morgan fingerprint density at radius 3 is 2.77 bits per heavy atom. The maximum absolute atomic E-state index is 12.1. The van der Waals surface area contributed by atoms with Crippen molar-refractivity contribution in [2.75, 3.05) is 19.3 Å². The standard InChI is InChI=1S/C13H18N2O6S/c1-22(19,20)15-6-2-3-9(8-15)12(16)14-7-10-4-5-11(21-10)13(17)18/h4-5,9H,2-3,6-8H2,1H3,(H,14,16)(H,17,18)/t9-/m1/s1. The van der Waals surface area contributed by atoms with E-state index in [0.29, 0.717) is 25.1 Å². The van der Waals surface area contributed by atoms with Gasteiger partial charge in [0.2, 0.25) is 21.7 Å². The highest BCUT2D eigenvalue weighted by molar-refractivity contribution is 7.88. The lowest BCUT2D eigenvalue weighted by Crippen LogP contribution is -2.44. The van der Waals surface area contributed by atoms with E-state index < -0.39 is 21.9 Å². The minimum Gasteiger partial charge on any atom is -0.475 e. The summed E-state index contributed by atoms with van der Waals surface area (Å²) >= 11 is 0. The van der Waals surface area contributed by atoms with Gasteiger partial charge >= 0.3 is 5.97 Å².